The molecule has 0 bridgehead atoms. The van der Waals surface area contributed by atoms with Crippen molar-refractivity contribution in [2.45, 2.75) is 0 Å². The largest absolute Gasteiger partial charge is 0.435 e. The van der Waals surface area contributed by atoms with Crippen molar-refractivity contribution >= 4 is 71.5 Å². The fourth-order valence-corrected chi connectivity index (χ4v) is 9.06. The first-order valence-electron chi connectivity index (χ1n) is 20.7. The normalized spacial score (nSPS) is 11.6. The van der Waals surface area contributed by atoms with Crippen LogP contribution in [0.25, 0.3) is 93.8 Å². The minimum Gasteiger partial charge on any atom is -0.435 e. The molecule has 61 heavy (non-hydrogen) atoms. The smallest absolute Gasteiger partial charge is 0.227 e. The number of hydrogen-bond acceptors (Lipinski definition) is 3. The van der Waals surface area contributed by atoms with Crippen molar-refractivity contribution in [3.05, 3.63) is 224 Å². The third-order valence-corrected chi connectivity index (χ3v) is 12.0. The number of fused-ring (bicyclic) bond motifs is 7. The van der Waals surface area contributed by atoms with E-state index in [-0.39, 0.29) is 0 Å². The van der Waals surface area contributed by atoms with Gasteiger partial charge in [0.25, 0.3) is 0 Å². The van der Waals surface area contributed by atoms with Crippen molar-refractivity contribution in [2.75, 3.05) is 4.90 Å². The van der Waals surface area contributed by atoms with Gasteiger partial charge in [0.05, 0.1) is 11.0 Å². The van der Waals surface area contributed by atoms with Crippen LogP contribution in [-0.4, -0.2) is 9.55 Å². The lowest BCUT2D eigenvalue weighted by atomic mass is 9.97. The summed E-state index contributed by atoms with van der Waals surface area (Å²) < 4.78 is 8.93. The lowest BCUT2D eigenvalue weighted by Gasteiger charge is -2.26. The molecule has 0 unspecified atom stereocenters. The summed E-state index contributed by atoms with van der Waals surface area (Å²) in [4.78, 5) is 7.26. The van der Waals surface area contributed by atoms with Gasteiger partial charge in [-0.15, -0.1) is 0 Å². The van der Waals surface area contributed by atoms with E-state index in [1.54, 1.807) is 0 Å². The summed E-state index contributed by atoms with van der Waals surface area (Å²) in [5.41, 5.74) is 13.8. The van der Waals surface area contributed by atoms with Crippen molar-refractivity contribution in [1.82, 2.24) is 9.55 Å². The summed E-state index contributed by atoms with van der Waals surface area (Å²) in [7, 11) is 0. The summed E-state index contributed by atoms with van der Waals surface area (Å²) in [6.07, 6.45) is 0. The SMILES string of the molecule is c1ccc(-c2nc3ccc4cccc(-c5ccc(N(c6ccc(-c7ccc8ccccc8c7)cc6)c6ccc7c8ccccc8n(-c8ccccc8)c7c6)cc5)c4c3o2)cc1. The second-order valence-electron chi connectivity index (χ2n) is 15.6. The van der Waals surface area contributed by atoms with E-state index in [9.17, 15) is 0 Å². The molecule has 0 saturated heterocycles. The molecule has 0 fully saturated rings. The van der Waals surface area contributed by atoms with Crippen molar-refractivity contribution in [1.29, 1.82) is 0 Å². The minimum atomic E-state index is 0.624. The summed E-state index contributed by atoms with van der Waals surface area (Å²) in [6.45, 7) is 0. The van der Waals surface area contributed by atoms with Gasteiger partial charge < -0.3 is 13.9 Å². The number of benzene rings is 10. The Morgan fingerprint density at radius 3 is 1.82 bits per heavy atom. The number of aromatic nitrogens is 2. The van der Waals surface area contributed by atoms with Crippen LogP contribution >= 0.6 is 0 Å². The van der Waals surface area contributed by atoms with Crippen LogP contribution in [0, 0.1) is 0 Å². The van der Waals surface area contributed by atoms with Gasteiger partial charge >= 0.3 is 0 Å². The number of hydrogen-bond donors (Lipinski definition) is 0. The van der Waals surface area contributed by atoms with E-state index in [4.69, 9.17) is 9.40 Å². The minimum absolute atomic E-state index is 0.624. The Morgan fingerprint density at radius 1 is 0.393 bits per heavy atom. The third kappa shape index (κ3) is 5.96. The zero-order valence-electron chi connectivity index (χ0n) is 33.1. The molecular formula is C57H37N3O. The molecule has 2 heterocycles. The van der Waals surface area contributed by atoms with E-state index in [2.05, 4.69) is 204 Å². The topological polar surface area (TPSA) is 34.2 Å². The third-order valence-electron chi connectivity index (χ3n) is 12.0. The van der Waals surface area contributed by atoms with E-state index < -0.39 is 0 Å². The Labute approximate surface area is 352 Å². The summed E-state index contributed by atoms with van der Waals surface area (Å²) in [5.74, 6) is 0.624. The maximum absolute atomic E-state index is 6.55. The van der Waals surface area contributed by atoms with Gasteiger partial charge in [-0.3, -0.25) is 0 Å². The molecule has 12 aromatic rings. The Balaban J connectivity index is 1.00. The van der Waals surface area contributed by atoms with Gasteiger partial charge in [-0.1, -0.05) is 146 Å². The van der Waals surface area contributed by atoms with Gasteiger partial charge in [-0.05, 0) is 117 Å². The molecular weight excluding hydrogens is 743 g/mol. The van der Waals surface area contributed by atoms with Crippen molar-refractivity contribution in [3.8, 4) is 39.4 Å². The first kappa shape index (κ1) is 34.8. The average molecular weight is 780 g/mol. The van der Waals surface area contributed by atoms with Crippen LogP contribution in [-0.2, 0) is 0 Å². The van der Waals surface area contributed by atoms with E-state index in [0.29, 0.717) is 5.89 Å². The monoisotopic (exact) mass is 779 g/mol. The molecule has 0 radical (unpaired) electrons. The van der Waals surface area contributed by atoms with E-state index in [1.807, 2.05) is 30.3 Å². The molecule has 12 rings (SSSR count). The van der Waals surface area contributed by atoms with E-state index >= 15 is 0 Å². The lowest BCUT2D eigenvalue weighted by Crippen LogP contribution is -2.10. The Morgan fingerprint density at radius 2 is 1.02 bits per heavy atom. The van der Waals surface area contributed by atoms with Crippen LogP contribution in [0.1, 0.15) is 0 Å². The highest BCUT2D eigenvalue weighted by atomic mass is 16.3. The van der Waals surface area contributed by atoms with Crippen LogP contribution in [0.2, 0.25) is 0 Å². The number of oxazole rings is 1. The first-order valence-corrected chi connectivity index (χ1v) is 20.7. The van der Waals surface area contributed by atoms with Crippen LogP contribution in [0.3, 0.4) is 0 Å². The van der Waals surface area contributed by atoms with Crippen LogP contribution in [0.4, 0.5) is 17.1 Å². The van der Waals surface area contributed by atoms with E-state index in [0.717, 1.165) is 66.8 Å². The highest BCUT2D eigenvalue weighted by Crippen LogP contribution is 2.42. The molecule has 4 heteroatoms. The maximum atomic E-state index is 6.55. The fraction of sp³-hybridized carbons (Fsp3) is 0. The molecule has 0 aliphatic carbocycles. The molecule has 0 aliphatic rings. The quantitative estimate of drug-likeness (QED) is 0.162. The summed E-state index contributed by atoms with van der Waals surface area (Å²) in [5, 5.41) is 7.10. The average Bonchev–Trinajstić information content (AvgIpc) is 3.92. The molecule has 0 saturated carbocycles. The molecule has 0 spiro atoms. The molecule has 286 valence electrons. The zero-order valence-corrected chi connectivity index (χ0v) is 33.1. The first-order chi connectivity index (χ1) is 30.2. The highest BCUT2D eigenvalue weighted by Gasteiger charge is 2.19. The lowest BCUT2D eigenvalue weighted by molar-refractivity contribution is 0.623. The van der Waals surface area contributed by atoms with Gasteiger partial charge in [0.1, 0.15) is 5.52 Å². The van der Waals surface area contributed by atoms with Gasteiger partial charge in [-0.2, -0.15) is 0 Å². The van der Waals surface area contributed by atoms with Crippen molar-refractivity contribution < 1.29 is 4.42 Å². The predicted molar refractivity (Wildman–Crippen MR) is 254 cm³/mol. The molecule has 0 N–H and O–H groups in total. The van der Waals surface area contributed by atoms with Gasteiger partial charge in [0, 0.05) is 44.5 Å². The number of para-hydroxylation sites is 2. The molecule has 4 nitrogen and oxygen atoms in total. The fourth-order valence-electron chi connectivity index (χ4n) is 9.06. The van der Waals surface area contributed by atoms with Crippen molar-refractivity contribution in [3.63, 3.8) is 0 Å². The number of anilines is 3. The van der Waals surface area contributed by atoms with Crippen molar-refractivity contribution in [2.24, 2.45) is 0 Å². The number of rotatable bonds is 7. The van der Waals surface area contributed by atoms with Crippen LogP contribution in [0.5, 0.6) is 0 Å². The second kappa shape index (κ2) is 14.3. The molecule has 10 aromatic carbocycles. The Bertz CT molecular complexity index is 3570. The molecule has 0 atom stereocenters. The maximum Gasteiger partial charge on any atom is 0.227 e. The number of nitrogens with zero attached hydrogens (tertiary/aromatic N) is 3. The van der Waals surface area contributed by atoms with E-state index in [1.165, 1.54) is 38.2 Å². The zero-order chi connectivity index (χ0) is 40.3. The molecule has 0 aliphatic heterocycles. The van der Waals surface area contributed by atoms with Gasteiger partial charge in [0.15, 0.2) is 5.58 Å². The Kier molecular flexibility index (Phi) is 8.13. The van der Waals surface area contributed by atoms with Crippen LogP contribution in [0.15, 0.2) is 229 Å². The Hall–Kier alpha value is -8.21. The van der Waals surface area contributed by atoms with Gasteiger partial charge in [0.2, 0.25) is 5.89 Å². The predicted octanol–water partition coefficient (Wildman–Crippen LogP) is 15.7. The highest BCUT2D eigenvalue weighted by molar-refractivity contribution is 6.12. The van der Waals surface area contributed by atoms with Gasteiger partial charge in [-0.25, -0.2) is 4.98 Å². The molecule has 2 aromatic heterocycles. The van der Waals surface area contributed by atoms with Crippen LogP contribution < -0.4 is 4.90 Å². The molecule has 0 amide bonds. The summed E-state index contributed by atoms with van der Waals surface area (Å²) >= 11 is 0. The second-order valence-corrected chi connectivity index (χ2v) is 15.6. The summed E-state index contributed by atoms with van der Waals surface area (Å²) in [6, 6.07) is 80.1. The standard InChI is InChI=1S/C57H37N3O/c1-3-13-42(14-4-1)57-58-52-35-28-41-16-11-20-49(55(41)56(52)61-57)40-26-31-47(32-27-40)59(46-29-24-39(25-30-46)44-23-22-38-12-7-8-15-43(38)36-44)48-33-34-51-50-19-9-10-21-53(50)60(54(51)37-48)45-17-5-2-6-18-45/h1-37H.